The van der Waals surface area contributed by atoms with E-state index in [2.05, 4.69) is 10.5 Å². The van der Waals surface area contributed by atoms with Gasteiger partial charge in [-0.3, -0.25) is 4.79 Å². The number of nitrogens with zero attached hydrogens (tertiary/aromatic N) is 1. The first-order valence-corrected chi connectivity index (χ1v) is 13.9. The smallest absolute Gasteiger partial charge is 0.355 e. The van der Waals surface area contributed by atoms with Crippen molar-refractivity contribution in [1.29, 1.82) is 0 Å². The summed E-state index contributed by atoms with van der Waals surface area (Å²) in [5, 5.41) is 5.19. The molecule has 206 valence electrons. The van der Waals surface area contributed by atoms with E-state index in [0.717, 1.165) is 15.6 Å². The first kappa shape index (κ1) is 27.9. The molecule has 1 heterocycles. The van der Waals surface area contributed by atoms with Crippen molar-refractivity contribution < 1.29 is 23.8 Å². The van der Waals surface area contributed by atoms with Crippen LogP contribution in [0.3, 0.4) is 0 Å². The molecule has 0 radical (unpaired) electrons. The maximum atomic E-state index is 12.7. The van der Waals surface area contributed by atoms with Crippen LogP contribution in [0.4, 0.5) is 0 Å². The van der Waals surface area contributed by atoms with Gasteiger partial charge < -0.3 is 14.2 Å². The van der Waals surface area contributed by atoms with Crippen LogP contribution in [0.2, 0.25) is 5.02 Å². The summed E-state index contributed by atoms with van der Waals surface area (Å²) in [6.07, 6.45) is 0.661. The van der Waals surface area contributed by atoms with Crippen LogP contribution in [-0.4, -0.2) is 24.2 Å². The van der Waals surface area contributed by atoms with E-state index in [1.54, 1.807) is 55.5 Å². The van der Waals surface area contributed by atoms with Gasteiger partial charge in [-0.1, -0.05) is 72.3 Å². The lowest BCUT2D eigenvalue weighted by molar-refractivity contribution is -0.127. The second kappa shape index (κ2) is 13.1. The van der Waals surface area contributed by atoms with E-state index in [0.29, 0.717) is 39.3 Å². The van der Waals surface area contributed by atoms with Crippen molar-refractivity contribution in [3.63, 3.8) is 0 Å². The molecule has 1 aromatic heterocycles. The maximum absolute atomic E-state index is 12.7. The molecule has 5 aromatic rings. The first-order valence-electron chi connectivity index (χ1n) is 12.7. The van der Waals surface area contributed by atoms with Crippen molar-refractivity contribution in [2.24, 2.45) is 5.10 Å². The number of ether oxygens (including phenoxy) is 3. The number of carbonyl (C=O) groups is 2. The normalized spacial score (nSPS) is 11.8. The minimum Gasteiger partial charge on any atom is -0.489 e. The van der Waals surface area contributed by atoms with Crippen LogP contribution in [0.15, 0.2) is 108 Å². The van der Waals surface area contributed by atoms with Crippen molar-refractivity contribution in [3.05, 3.63) is 124 Å². The van der Waals surface area contributed by atoms with Crippen molar-refractivity contribution in [2.75, 3.05) is 0 Å². The first-order chi connectivity index (χ1) is 20.0. The van der Waals surface area contributed by atoms with Crippen molar-refractivity contribution >= 4 is 51.1 Å². The predicted octanol–water partition coefficient (Wildman–Crippen LogP) is 7.27. The fourth-order valence-corrected chi connectivity index (χ4v) is 5.22. The number of thiophene rings is 1. The summed E-state index contributed by atoms with van der Waals surface area (Å²) >= 11 is 7.68. The van der Waals surface area contributed by atoms with E-state index in [9.17, 15) is 9.59 Å². The highest BCUT2D eigenvalue weighted by atomic mass is 35.5. The van der Waals surface area contributed by atoms with Gasteiger partial charge in [0.05, 0.1) is 11.2 Å². The molecule has 5 rings (SSSR count). The van der Waals surface area contributed by atoms with Crippen LogP contribution >= 0.6 is 22.9 Å². The van der Waals surface area contributed by atoms with Gasteiger partial charge in [-0.05, 0) is 60.5 Å². The number of carbonyl (C=O) groups excluding carboxylic acids is 2. The summed E-state index contributed by atoms with van der Waals surface area (Å²) < 4.78 is 17.9. The van der Waals surface area contributed by atoms with Gasteiger partial charge in [-0.2, -0.15) is 5.10 Å². The molecular weight excluding hydrogens is 560 g/mol. The van der Waals surface area contributed by atoms with E-state index in [1.807, 2.05) is 54.6 Å². The van der Waals surface area contributed by atoms with E-state index in [-0.39, 0.29) is 0 Å². The molecule has 41 heavy (non-hydrogen) atoms. The number of hydrogen-bond donors (Lipinski definition) is 1. The van der Waals surface area contributed by atoms with Crippen molar-refractivity contribution in [3.8, 4) is 17.2 Å². The van der Waals surface area contributed by atoms with Crippen molar-refractivity contribution in [1.82, 2.24) is 5.43 Å². The van der Waals surface area contributed by atoms with E-state index in [1.165, 1.54) is 17.6 Å². The van der Waals surface area contributed by atoms with Crippen LogP contribution in [0.1, 0.15) is 27.7 Å². The zero-order valence-electron chi connectivity index (χ0n) is 22.0. The number of hydrazone groups is 1. The van der Waals surface area contributed by atoms with E-state index >= 15 is 0 Å². The van der Waals surface area contributed by atoms with E-state index in [4.69, 9.17) is 25.8 Å². The van der Waals surface area contributed by atoms with Crippen LogP contribution in [0.25, 0.3) is 10.1 Å². The van der Waals surface area contributed by atoms with Gasteiger partial charge in [0, 0.05) is 10.1 Å². The molecular formula is C32H25ClN2O5S. The molecule has 9 heteroatoms. The van der Waals surface area contributed by atoms with Gasteiger partial charge in [0.1, 0.15) is 28.7 Å². The molecule has 7 nitrogen and oxygen atoms in total. The molecule has 0 aliphatic heterocycles. The summed E-state index contributed by atoms with van der Waals surface area (Å²) in [6, 6.07) is 31.2. The van der Waals surface area contributed by atoms with Gasteiger partial charge in [0.15, 0.2) is 6.10 Å². The molecule has 0 bridgehead atoms. The molecule has 1 amide bonds. The molecule has 4 aromatic carbocycles. The minimum atomic E-state index is -0.790. The Morgan fingerprint density at radius 2 is 1.63 bits per heavy atom. The number of esters is 1. The summed E-state index contributed by atoms with van der Waals surface area (Å²) in [5.41, 5.74) is 4.16. The van der Waals surface area contributed by atoms with Gasteiger partial charge in [-0.25, -0.2) is 10.2 Å². The third-order valence-electron chi connectivity index (χ3n) is 5.93. The topological polar surface area (TPSA) is 86.2 Å². The average molecular weight is 585 g/mol. The minimum absolute atomic E-state index is 0.326. The summed E-state index contributed by atoms with van der Waals surface area (Å²) in [5.74, 6) is 0.583. The van der Waals surface area contributed by atoms with Crippen LogP contribution in [-0.2, 0) is 11.4 Å². The lowest BCUT2D eigenvalue weighted by Gasteiger charge is -2.13. The zero-order chi connectivity index (χ0) is 28.6. The molecule has 0 aliphatic carbocycles. The molecule has 0 saturated heterocycles. The molecule has 0 spiro atoms. The third kappa shape index (κ3) is 7.30. The number of fused-ring (bicyclic) bond motifs is 1. The Balaban J connectivity index is 1.11. The highest BCUT2D eigenvalue weighted by Crippen LogP contribution is 2.35. The number of halogens is 1. The van der Waals surface area contributed by atoms with Gasteiger partial charge in [0.25, 0.3) is 5.91 Å². The van der Waals surface area contributed by atoms with Gasteiger partial charge in [0.2, 0.25) is 0 Å². The van der Waals surface area contributed by atoms with Gasteiger partial charge >= 0.3 is 5.97 Å². The number of hydrogen-bond acceptors (Lipinski definition) is 7. The number of nitrogens with one attached hydrogen (secondary N) is 1. The Morgan fingerprint density at radius 1 is 0.902 bits per heavy atom. The molecule has 0 fully saturated rings. The van der Waals surface area contributed by atoms with Crippen LogP contribution < -0.4 is 19.6 Å². The standard InChI is InChI=1S/C32H25ClN2O5S/c1-21(39-25-16-14-24(15-17-25)38-20-22-8-3-2-4-9-22)31(36)35-34-19-23-10-7-11-26(18-23)40-32(37)30-29(33)27-12-5-6-13-28(27)41-30/h2-19,21H,20H2,1H3,(H,35,36)/b34-19+. The fraction of sp³-hybridized carbons (Fsp3) is 0.0938. The SMILES string of the molecule is CC(Oc1ccc(OCc2ccccc2)cc1)C(=O)N/N=C/c1cccc(OC(=O)c2sc3ccccc3c2Cl)c1. The fourth-order valence-electron chi connectivity index (χ4n) is 3.83. The summed E-state index contributed by atoms with van der Waals surface area (Å²) in [7, 11) is 0. The highest BCUT2D eigenvalue weighted by Gasteiger charge is 2.19. The van der Waals surface area contributed by atoms with Crippen LogP contribution in [0.5, 0.6) is 17.2 Å². The Kier molecular flexibility index (Phi) is 8.93. The number of benzene rings is 4. The predicted molar refractivity (Wildman–Crippen MR) is 161 cm³/mol. The average Bonchev–Trinajstić information content (AvgIpc) is 3.34. The van der Waals surface area contributed by atoms with E-state index < -0.39 is 18.0 Å². The van der Waals surface area contributed by atoms with Gasteiger partial charge in [-0.15, -0.1) is 11.3 Å². The Labute approximate surface area is 245 Å². The zero-order valence-corrected chi connectivity index (χ0v) is 23.5. The Bertz CT molecular complexity index is 1690. The third-order valence-corrected chi connectivity index (χ3v) is 7.59. The second-order valence-electron chi connectivity index (χ2n) is 8.94. The Morgan fingerprint density at radius 3 is 2.41 bits per heavy atom. The largest absolute Gasteiger partial charge is 0.489 e. The second-order valence-corrected chi connectivity index (χ2v) is 10.4. The maximum Gasteiger partial charge on any atom is 0.355 e. The number of rotatable bonds is 10. The monoisotopic (exact) mass is 584 g/mol. The molecule has 0 saturated carbocycles. The van der Waals surface area contributed by atoms with Crippen LogP contribution in [0, 0.1) is 0 Å². The summed E-state index contributed by atoms with van der Waals surface area (Å²) in [4.78, 5) is 25.6. The number of amides is 1. The lowest BCUT2D eigenvalue weighted by atomic mass is 10.2. The molecule has 1 N–H and O–H groups in total. The molecule has 1 unspecified atom stereocenters. The van der Waals surface area contributed by atoms with Crippen molar-refractivity contribution in [2.45, 2.75) is 19.6 Å². The summed E-state index contributed by atoms with van der Waals surface area (Å²) in [6.45, 7) is 2.09. The molecule has 1 atom stereocenters. The molecule has 0 aliphatic rings. The lowest BCUT2D eigenvalue weighted by Crippen LogP contribution is -2.33. The quantitative estimate of drug-likeness (QED) is 0.0807. The highest BCUT2D eigenvalue weighted by molar-refractivity contribution is 7.21. The Hall–Kier alpha value is -4.66.